The summed E-state index contributed by atoms with van der Waals surface area (Å²) in [5, 5.41) is 4.32. The second-order valence-electron chi connectivity index (χ2n) is 5.24. The summed E-state index contributed by atoms with van der Waals surface area (Å²) in [6.07, 6.45) is 6.84. The van der Waals surface area contributed by atoms with Crippen LogP contribution in [0.15, 0.2) is 47.3 Å². The normalized spacial score (nSPS) is 12.5. The number of nitrogens with one attached hydrogen (secondary N) is 1. The first-order valence-corrected chi connectivity index (χ1v) is 7.62. The third-order valence-electron chi connectivity index (χ3n) is 3.40. The summed E-state index contributed by atoms with van der Waals surface area (Å²) in [7, 11) is 0. The SMILES string of the molecule is CCCNCC(Cc1ccc(Cl)cc1)Cc1ccoc1. The number of furan rings is 1. The highest BCUT2D eigenvalue weighted by Gasteiger charge is 2.11. The van der Waals surface area contributed by atoms with Crippen molar-refractivity contribution in [3.05, 3.63) is 59.0 Å². The fraction of sp³-hybridized carbons (Fsp3) is 0.412. The molecule has 0 aliphatic carbocycles. The Hall–Kier alpha value is -1.25. The molecule has 1 aromatic carbocycles. The zero-order chi connectivity index (χ0) is 14.2. The molecule has 0 spiro atoms. The summed E-state index contributed by atoms with van der Waals surface area (Å²) < 4.78 is 5.17. The molecule has 1 heterocycles. The van der Waals surface area contributed by atoms with Crippen LogP contribution in [-0.4, -0.2) is 13.1 Å². The van der Waals surface area contributed by atoms with E-state index < -0.39 is 0 Å². The van der Waals surface area contributed by atoms with Gasteiger partial charge in [0.05, 0.1) is 12.5 Å². The number of hydrogen-bond acceptors (Lipinski definition) is 2. The molecular formula is C17H22ClNO. The van der Waals surface area contributed by atoms with Gasteiger partial charge in [-0.2, -0.15) is 0 Å². The van der Waals surface area contributed by atoms with Gasteiger partial charge in [0.1, 0.15) is 0 Å². The third-order valence-corrected chi connectivity index (χ3v) is 3.65. The summed E-state index contributed by atoms with van der Waals surface area (Å²) in [5.74, 6) is 0.570. The minimum atomic E-state index is 0.570. The summed E-state index contributed by atoms with van der Waals surface area (Å²) in [6, 6.07) is 10.2. The van der Waals surface area contributed by atoms with Crippen LogP contribution in [0, 0.1) is 5.92 Å². The quantitative estimate of drug-likeness (QED) is 0.732. The highest BCUT2D eigenvalue weighted by molar-refractivity contribution is 6.30. The van der Waals surface area contributed by atoms with Crippen molar-refractivity contribution in [1.29, 1.82) is 0 Å². The molecule has 1 unspecified atom stereocenters. The first-order chi connectivity index (χ1) is 9.78. The monoisotopic (exact) mass is 291 g/mol. The molecule has 0 aliphatic heterocycles. The van der Waals surface area contributed by atoms with Crippen LogP contribution in [0.25, 0.3) is 0 Å². The Morgan fingerprint density at radius 3 is 2.50 bits per heavy atom. The molecule has 1 N–H and O–H groups in total. The number of hydrogen-bond donors (Lipinski definition) is 1. The van der Waals surface area contributed by atoms with Gasteiger partial charge < -0.3 is 9.73 Å². The van der Waals surface area contributed by atoms with Crippen molar-refractivity contribution in [3.8, 4) is 0 Å². The molecule has 0 saturated heterocycles. The number of rotatable bonds is 8. The minimum Gasteiger partial charge on any atom is -0.472 e. The smallest absolute Gasteiger partial charge is 0.0934 e. The van der Waals surface area contributed by atoms with Gasteiger partial charge in [-0.3, -0.25) is 0 Å². The van der Waals surface area contributed by atoms with Crippen LogP contribution in [0.3, 0.4) is 0 Å². The van der Waals surface area contributed by atoms with Crippen LogP contribution in [0.2, 0.25) is 5.02 Å². The van der Waals surface area contributed by atoms with E-state index in [0.29, 0.717) is 5.92 Å². The largest absolute Gasteiger partial charge is 0.472 e. The molecule has 0 radical (unpaired) electrons. The molecule has 0 aliphatic rings. The molecule has 1 atom stereocenters. The van der Waals surface area contributed by atoms with Crippen molar-refractivity contribution in [3.63, 3.8) is 0 Å². The zero-order valence-electron chi connectivity index (χ0n) is 11.9. The summed E-state index contributed by atoms with van der Waals surface area (Å²) >= 11 is 5.94. The second kappa shape index (κ2) is 8.13. The molecule has 1 aromatic heterocycles. The highest BCUT2D eigenvalue weighted by Crippen LogP contribution is 2.17. The molecular weight excluding hydrogens is 270 g/mol. The molecule has 2 nitrogen and oxygen atoms in total. The van der Waals surface area contributed by atoms with Crippen LogP contribution < -0.4 is 5.32 Å². The van der Waals surface area contributed by atoms with E-state index in [9.17, 15) is 0 Å². The number of halogens is 1. The van der Waals surface area contributed by atoms with Crippen molar-refractivity contribution in [2.45, 2.75) is 26.2 Å². The van der Waals surface area contributed by atoms with Crippen LogP contribution in [0.5, 0.6) is 0 Å². The van der Waals surface area contributed by atoms with Crippen LogP contribution in [-0.2, 0) is 12.8 Å². The van der Waals surface area contributed by atoms with Crippen molar-refractivity contribution in [2.24, 2.45) is 5.92 Å². The van der Waals surface area contributed by atoms with Gasteiger partial charge in [-0.1, -0.05) is 30.7 Å². The van der Waals surface area contributed by atoms with Crippen LogP contribution in [0.1, 0.15) is 24.5 Å². The molecule has 2 rings (SSSR count). The van der Waals surface area contributed by atoms with Crippen molar-refractivity contribution >= 4 is 11.6 Å². The molecule has 0 amide bonds. The molecule has 0 bridgehead atoms. The molecule has 2 aromatic rings. The summed E-state index contributed by atoms with van der Waals surface area (Å²) in [5.41, 5.74) is 2.60. The van der Waals surface area contributed by atoms with E-state index in [1.165, 1.54) is 17.5 Å². The van der Waals surface area contributed by atoms with Crippen molar-refractivity contribution in [1.82, 2.24) is 5.32 Å². The third kappa shape index (κ3) is 5.03. The minimum absolute atomic E-state index is 0.570. The maximum Gasteiger partial charge on any atom is 0.0934 e. The molecule has 3 heteroatoms. The van der Waals surface area contributed by atoms with Gasteiger partial charge in [-0.15, -0.1) is 0 Å². The first kappa shape index (κ1) is 15.1. The maximum atomic E-state index is 5.94. The van der Waals surface area contributed by atoms with Crippen LogP contribution >= 0.6 is 11.6 Å². The summed E-state index contributed by atoms with van der Waals surface area (Å²) in [4.78, 5) is 0. The van der Waals surface area contributed by atoms with Gasteiger partial charge in [-0.25, -0.2) is 0 Å². The molecule has 20 heavy (non-hydrogen) atoms. The maximum absolute atomic E-state index is 5.94. The van der Waals surface area contributed by atoms with E-state index in [1.807, 2.05) is 18.4 Å². The van der Waals surface area contributed by atoms with Gasteiger partial charge in [0.25, 0.3) is 0 Å². The lowest BCUT2D eigenvalue weighted by Crippen LogP contribution is -2.26. The van der Waals surface area contributed by atoms with E-state index in [4.69, 9.17) is 16.0 Å². The Kier molecular flexibility index (Phi) is 6.16. The lowest BCUT2D eigenvalue weighted by atomic mass is 9.93. The molecule has 0 saturated carbocycles. The van der Waals surface area contributed by atoms with Gasteiger partial charge in [-0.05, 0) is 67.6 Å². The predicted octanol–water partition coefficient (Wildman–Crippen LogP) is 4.33. The Labute approximate surface area is 126 Å². The number of benzene rings is 1. The lowest BCUT2D eigenvalue weighted by Gasteiger charge is -2.17. The fourth-order valence-corrected chi connectivity index (χ4v) is 2.52. The second-order valence-corrected chi connectivity index (χ2v) is 5.67. The van der Waals surface area contributed by atoms with Crippen LogP contribution in [0.4, 0.5) is 0 Å². The Bertz CT molecular complexity index is 478. The topological polar surface area (TPSA) is 25.2 Å². The first-order valence-electron chi connectivity index (χ1n) is 7.24. The van der Waals surface area contributed by atoms with E-state index in [1.54, 1.807) is 6.26 Å². The van der Waals surface area contributed by atoms with E-state index >= 15 is 0 Å². The van der Waals surface area contributed by atoms with Crippen molar-refractivity contribution < 1.29 is 4.42 Å². The predicted molar refractivity (Wildman–Crippen MR) is 84.2 cm³/mol. The van der Waals surface area contributed by atoms with Gasteiger partial charge in [0.2, 0.25) is 0 Å². The van der Waals surface area contributed by atoms with Gasteiger partial charge in [0.15, 0.2) is 0 Å². The standard InChI is InChI=1S/C17H22ClNO/c1-2-8-19-12-16(11-15-7-9-20-13-15)10-14-3-5-17(18)6-4-14/h3-7,9,13,16,19H,2,8,10-12H2,1H3. The van der Waals surface area contributed by atoms with Gasteiger partial charge in [0, 0.05) is 5.02 Å². The summed E-state index contributed by atoms with van der Waals surface area (Å²) in [6.45, 7) is 4.29. The van der Waals surface area contributed by atoms with Crippen molar-refractivity contribution in [2.75, 3.05) is 13.1 Å². The van der Waals surface area contributed by atoms with E-state index in [-0.39, 0.29) is 0 Å². The lowest BCUT2D eigenvalue weighted by molar-refractivity contribution is 0.467. The average molecular weight is 292 g/mol. The van der Waals surface area contributed by atoms with Gasteiger partial charge >= 0.3 is 0 Å². The Morgan fingerprint density at radius 1 is 1.10 bits per heavy atom. The Balaban J connectivity index is 1.95. The van der Waals surface area contributed by atoms with E-state index in [0.717, 1.165) is 31.0 Å². The average Bonchev–Trinajstić information content (AvgIpc) is 2.94. The molecule has 0 fully saturated rings. The highest BCUT2D eigenvalue weighted by atomic mass is 35.5. The molecule has 108 valence electrons. The fourth-order valence-electron chi connectivity index (χ4n) is 2.40. The van der Waals surface area contributed by atoms with E-state index in [2.05, 4.69) is 30.4 Å². The Morgan fingerprint density at radius 2 is 1.85 bits per heavy atom. The zero-order valence-corrected chi connectivity index (χ0v) is 12.7.